The normalized spacial score (nSPS) is 13.9. The van der Waals surface area contributed by atoms with Crippen molar-refractivity contribution < 1.29 is 9.21 Å². The van der Waals surface area contributed by atoms with Gasteiger partial charge in [0.1, 0.15) is 17.6 Å². The number of amides is 1. The third-order valence-corrected chi connectivity index (χ3v) is 5.07. The van der Waals surface area contributed by atoms with Crippen LogP contribution in [0.25, 0.3) is 11.5 Å². The fraction of sp³-hybridized carbons (Fsp3) is 0.273. The van der Waals surface area contributed by atoms with Crippen molar-refractivity contribution >= 4 is 11.7 Å². The number of anilines is 1. The van der Waals surface area contributed by atoms with E-state index in [1.807, 2.05) is 42.2 Å². The second-order valence-electron chi connectivity index (χ2n) is 6.92. The molecule has 0 aliphatic carbocycles. The minimum atomic E-state index is 0.0298. The van der Waals surface area contributed by atoms with Crippen LogP contribution < -0.4 is 4.90 Å². The molecule has 0 radical (unpaired) electrons. The number of pyridine rings is 1. The number of oxazole rings is 1. The van der Waals surface area contributed by atoms with Crippen LogP contribution in [0.3, 0.4) is 0 Å². The lowest BCUT2D eigenvalue weighted by molar-refractivity contribution is -0.130. The summed E-state index contributed by atoms with van der Waals surface area (Å²) >= 11 is 0. The molecule has 1 fully saturated rings. The molecule has 4 rings (SSSR count). The summed E-state index contributed by atoms with van der Waals surface area (Å²) in [5, 5.41) is 9.27. The molecule has 7 nitrogen and oxygen atoms in total. The smallest absolute Gasteiger partial charge is 0.228 e. The maximum absolute atomic E-state index is 12.8. The molecule has 0 N–H and O–H groups in total. The molecular weight excluding hydrogens is 366 g/mol. The molecule has 1 aliphatic heterocycles. The largest absolute Gasteiger partial charge is 0.441 e. The number of rotatable bonds is 4. The average Bonchev–Trinajstić information content (AvgIpc) is 3.14. The molecule has 1 aliphatic rings. The van der Waals surface area contributed by atoms with Crippen molar-refractivity contribution in [3.05, 3.63) is 65.7 Å². The van der Waals surface area contributed by atoms with E-state index >= 15 is 0 Å². The Kier molecular flexibility index (Phi) is 5.25. The molecule has 146 valence electrons. The minimum absolute atomic E-state index is 0.0298. The monoisotopic (exact) mass is 387 g/mol. The van der Waals surface area contributed by atoms with Gasteiger partial charge in [-0.25, -0.2) is 9.97 Å². The summed E-state index contributed by atoms with van der Waals surface area (Å²) < 4.78 is 5.76. The molecule has 1 aromatic carbocycles. The number of aryl methyl sites for hydroxylation is 1. The van der Waals surface area contributed by atoms with Crippen LogP contribution in [0.5, 0.6) is 0 Å². The summed E-state index contributed by atoms with van der Waals surface area (Å²) in [5.74, 6) is 1.92. The Morgan fingerprint density at radius 1 is 1.14 bits per heavy atom. The van der Waals surface area contributed by atoms with Crippen LogP contribution in [-0.2, 0) is 11.2 Å². The molecule has 3 heterocycles. The minimum Gasteiger partial charge on any atom is -0.441 e. The van der Waals surface area contributed by atoms with Crippen molar-refractivity contribution in [2.75, 3.05) is 31.1 Å². The van der Waals surface area contributed by atoms with E-state index in [9.17, 15) is 10.1 Å². The Labute approximate surface area is 169 Å². The molecule has 2 aromatic heterocycles. The molecule has 1 saturated heterocycles. The summed E-state index contributed by atoms with van der Waals surface area (Å²) in [6.07, 6.45) is 1.90. The quantitative estimate of drug-likeness (QED) is 0.684. The Morgan fingerprint density at radius 3 is 2.62 bits per heavy atom. The van der Waals surface area contributed by atoms with E-state index < -0.39 is 0 Å². The van der Waals surface area contributed by atoms with Crippen LogP contribution in [0, 0.1) is 18.3 Å². The lowest BCUT2D eigenvalue weighted by atomic mass is 10.2. The molecule has 0 spiro atoms. The standard InChI is InChI=1S/C22H21N5O2/c1-16-19(25-22(29-16)17-6-3-2-4-7-17)14-20(28)26-10-12-27(13-11-26)21-18(15-23)8-5-9-24-21/h2-9H,10-14H2,1H3. The summed E-state index contributed by atoms with van der Waals surface area (Å²) in [5.41, 5.74) is 2.12. The number of piperazine rings is 1. The summed E-state index contributed by atoms with van der Waals surface area (Å²) in [4.78, 5) is 25.5. The van der Waals surface area contributed by atoms with Gasteiger partial charge in [0, 0.05) is 37.9 Å². The van der Waals surface area contributed by atoms with Gasteiger partial charge in [-0.3, -0.25) is 4.79 Å². The highest BCUT2D eigenvalue weighted by Crippen LogP contribution is 2.23. The van der Waals surface area contributed by atoms with Gasteiger partial charge in [-0.15, -0.1) is 0 Å². The predicted molar refractivity (Wildman–Crippen MR) is 108 cm³/mol. The zero-order chi connectivity index (χ0) is 20.2. The van der Waals surface area contributed by atoms with Gasteiger partial charge in [-0.1, -0.05) is 18.2 Å². The van der Waals surface area contributed by atoms with Crippen LogP contribution in [0.4, 0.5) is 5.82 Å². The van der Waals surface area contributed by atoms with E-state index in [4.69, 9.17) is 4.42 Å². The number of hydrogen-bond donors (Lipinski definition) is 0. The van der Waals surface area contributed by atoms with Crippen molar-refractivity contribution in [3.63, 3.8) is 0 Å². The molecule has 7 heteroatoms. The number of benzene rings is 1. The van der Waals surface area contributed by atoms with Crippen LogP contribution >= 0.6 is 0 Å². The van der Waals surface area contributed by atoms with E-state index in [2.05, 4.69) is 20.9 Å². The van der Waals surface area contributed by atoms with Gasteiger partial charge < -0.3 is 14.2 Å². The Hall–Kier alpha value is -3.66. The zero-order valence-electron chi connectivity index (χ0n) is 16.2. The molecule has 3 aromatic rings. The maximum Gasteiger partial charge on any atom is 0.228 e. The van der Waals surface area contributed by atoms with Crippen molar-refractivity contribution in [1.29, 1.82) is 5.26 Å². The first-order valence-electron chi connectivity index (χ1n) is 9.55. The maximum atomic E-state index is 12.8. The second kappa shape index (κ2) is 8.15. The van der Waals surface area contributed by atoms with Crippen molar-refractivity contribution in [2.24, 2.45) is 0 Å². The fourth-order valence-corrected chi connectivity index (χ4v) is 3.46. The number of carbonyl (C=O) groups excluding carboxylic acids is 1. The van der Waals surface area contributed by atoms with E-state index in [0.29, 0.717) is 54.9 Å². The number of nitriles is 1. The van der Waals surface area contributed by atoms with Gasteiger partial charge in [0.05, 0.1) is 17.7 Å². The summed E-state index contributed by atoms with van der Waals surface area (Å²) in [6.45, 7) is 4.30. The fourth-order valence-electron chi connectivity index (χ4n) is 3.46. The third-order valence-electron chi connectivity index (χ3n) is 5.07. The Bertz CT molecular complexity index is 1050. The topological polar surface area (TPSA) is 86.3 Å². The molecule has 0 saturated carbocycles. The van der Waals surface area contributed by atoms with Gasteiger partial charge in [-0.05, 0) is 31.2 Å². The zero-order valence-corrected chi connectivity index (χ0v) is 16.2. The number of aromatic nitrogens is 2. The van der Waals surface area contributed by atoms with Crippen LogP contribution in [0.1, 0.15) is 17.0 Å². The summed E-state index contributed by atoms with van der Waals surface area (Å²) in [7, 11) is 0. The van der Waals surface area contributed by atoms with Crippen molar-refractivity contribution in [3.8, 4) is 17.5 Å². The van der Waals surface area contributed by atoms with Crippen molar-refractivity contribution in [2.45, 2.75) is 13.3 Å². The Morgan fingerprint density at radius 2 is 1.90 bits per heavy atom. The molecule has 0 unspecified atom stereocenters. The first-order valence-corrected chi connectivity index (χ1v) is 9.55. The highest BCUT2D eigenvalue weighted by Gasteiger charge is 2.25. The van der Waals surface area contributed by atoms with E-state index in [0.717, 1.165) is 5.56 Å². The van der Waals surface area contributed by atoms with E-state index in [1.165, 1.54) is 0 Å². The van der Waals surface area contributed by atoms with Gasteiger partial charge >= 0.3 is 0 Å². The van der Waals surface area contributed by atoms with Crippen LogP contribution in [-0.4, -0.2) is 47.0 Å². The first kappa shape index (κ1) is 18.7. The molecule has 0 atom stereocenters. The highest BCUT2D eigenvalue weighted by molar-refractivity contribution is 5.79. The average molecular weight is 387 g/mol. The molecular formula is C22H21N5O2. The van der Waals surface area contributed by atoms with Gasteiger partial charge in [0.15, 0.2) is 0 Å². The van der Waals surface area contributed by atoms with Gasteiger partial charge in [0.2, 0.25) is 11.8 Å². The van der Waals surface area contributed by atoms with Crippen LogP contribution in [0.2, 0.25) is 0 Å². The lowest BCUT2D eigenvalue weighted by Gasteiger charge is -2.35. The molecule has 1 amide bonds. The summed E-state index contributed by atoms with van der Waals surface area (Å²) in [6, 6.07) is 15.4. The highest BCUT2D eigenvalue weighted by atomic mass is 16.4. The first-order chi connectivity index (χ1) is 14.2. The van der Waals surface area contributed by atoms with Gasteiger partial charge in [-0.2, -0.15) is 5.26 Å². The lowest BCUT2D eigenvalue weighted by Crippen LogP contribution is -2.49. The number of hydrogen-bond acceptors (Lipinski definition) is 6. The van der Waals surface area contributed by atoms with Crippen molar-refractivity contribution in [1.82, 2.24) is 14.9 Å². The predicted octanol–water partition coefficient (Wildman–Crippen LogP) is 2.81. The molecule has 0 bridgehead atoms. The second-order valence-corrected chi connectivity index (χ2v) is 6.92. The third kappa shape index (κ3) is 3.97. The Balaban J connectivity index is 1.40. The van der Waals surface area contributed by atoms with Crippen LogP contribution in [0.15, 0.2) is 53.1 Å². The van der Waals surface area contributed by atoms with Gasteiger partial charge in [0.25, 0.3) is 0 Å². The number of carbonyl (C=O) groups is 1. The molecule has 29 heavy (non-hydrogen) atoms. The SMILES string of the molecule is Cc1oc(-c2ccccc2)nc1CC(=O)N1CCN(c2ncccc2C#N)CC1. The van der Waals surface area contributed by atoms with E-state index in [-0.39, 0.29) is 12.3 Å². The van der Waals surface area contributed by atoms with E-state index in [1.54, 1.807) is 18.3 Å². The number of nitrogens with zero attached hydrogens (tertiary/aromatic N) is 5.